The quantitative estimate of drug-likeness (QED) is 0.568. The molecule has 6 heteroatoms. The third kappa shape index (κ3) is 5.68. The van der Waals surface area contributed by atoms with Gasteiger partial charge in [-0.2, -0.15) is 0 Å². The van der Waals surface area contributed by atoms with Crippen molar-refractivity contribution in [1.82, 2.24) is 9.88 Å². The molecule has 0 saturated carbocycles. The number of anilines is 1. The van der Waals surface area contributed by atoms with Crippen LogP contribution in [0.5, 0.6) is 11.5 Å². The number of ether oxygens (including phenoxy) is 2. The van der Waals surface area contributed by atoms with Crippen molar-refractivity contribution < 1.29 is 9.47 Å². The zero-order valence-corrected chi connectivity index (χ0v) is 17.7. The van der Waals surface area contributed by atoms with Crippen LogP contribution in [0.3, 0.4) is 0 Å². The first-order chi connectivity index (χ1) is 14.1. The first-order valence-corrected chi connectivity index (χ1v) is 9.72. The Kier molecular flexibility index (Phi) is 7.03. The molecule has 0 fully saturated rings. The number of pyridine rings is 1. The van der Waals surface area contributed by atoms with Gasteiger partial charge < -0.3 is 19.7 Å². The molecule has 2 aromatic carbocycles. The summed E-state index contributed by atoms with van der Waals surface area (Å²) in [5.74, 6) is 1.60. The Balaban J connectivity index is 1.82. The van der Waals surface area contributed by atoms with Gasteiger partial charge in [0.15, 0.2) is 5.11 Å². The molecule has 0 amide bonds. The maximum Gasteiger partial charge on any atom is 0.174 e. The van der Waals surface area contributed by atoms with Crippen molar-refractivity contribution in [3.8, 4) is 11.5 Å². The molecule has 1 aromatic heterocycles. The van der Waals surface area contributed by atoms with E-state index in [4.69, 9.17) is 21.7 Å². The smallest absolute Gasteiger partial charge is 0.174 e. The first kappa shape index (κ1) is 20.6. The molecule has 0 bridgehead atoms. The van der Waals surface area contributed by atoms with E-state index in [2.05, 4.69) is 15.2 Å². The summed E-state index contributed by atoms with van der Waals surface area (Å²) in [7, 11) is 3.33. The van der Waals surface area contributed by atoms with Gasteiger partial charge in [0.2, 0.25) is 0 Å². The Bertz CT molecular complexity index is 946. The number of rotatable bonds is 7. The van der Waals surface area contributed by atoms with Crippen molar-refractivity contribution in [2.45, 2.75) is 20.0 Å². The second-order valence-corrected chi connectivity index (χ2v) is 7.08. The molecular formula is C23H25N3O2S. The standard InChI is InChI=1S/C23H25N3O2S/c1-17-4-9-21(22(14-17)28-3)25-23(29)26(16-19-10-12-24-13-11-19)15-18-5-7-20(27-2)8-6-18/h4-14H,15-16H2,1-3H3,(H,25,29). The van der Waals surface area contributed by atoms with Gasteiger partial charge in [-0.1, -0.05) is 18.2 Å². The molecule has 1 N–H and O–H groups in total. The molecule has 0 aliphatic carbocycles. The van der Waals surface area contributed by atoms with Crippen LogP contribution in [0.4, 0.5) is 5.69 Å². The third-order valence-electron chi connectivity index (χ3n) is 4.54. The van der Waals surface area contributed by atoms with Gasteiger partial charge in [0, 0.05) is 25.5 Å². The van der Waals surface area contributed by atoms with Crippen LogP contribution in [0.15, 0.2) is 67.0 Å². The van der Waals surface area contributed by atoms with Gasteiger partial charge in [0.25, 0.3) is 0 Å². The predicted molar refractivity (Wildman–Crippen MR) is 120 cm³/mol. The van der Waals surface area contributed by atoms with Crippen molar-refractivity contribution in [1.29, 1.82) is 0 Å². The fraction of sp³-hybridized carbons (Fsp3) is 0.217. The maximum absolute atomic E-state index is 5.76. The highest BCUT2D eigenvalue weighted by atomic mass is 32.1. The molecule has 1 heterocycles. The Hall–Kier alpha value is -3.12. The Morgan fingerprint density at radius 2 is 1.59 bits per heavy atom. The first-order valence-electron chi connectivity index (χ1n) is 9.31. The number of aryl methyl sites for hydroxylation is 1. The van der Waals surface area contributed by atoms with Crippen molar-refractivity contribution in [3.63, 3.8) is 0 Å². The second-order valence-electron chi connectivity index (χ2n) is 6.69. The minimum atomic E-state index is 0.625. The van der Waals surface area contributed by atoms with Gasteiger partial charge in [0.1, 0.15) is 11.5 Å². The van der Waals surface area contributed by atoms with E-state index in [0.29, 0.717) is 18.2 Å². The van der Waals surface area contributed by atoms with Crippen LogP contribution in [0.2, 0.25) is 0 Å². The van der Waals surface area contributed by atoms with Gasteiger partial charge in [-0.3, -0.25) is 4.98 Å². The normalized spacial score (nSPS) is 10.3. The topological polar surface area (TPSA) is 46.6 Å². The monoisotopic (exact) mass is 407 g/mol. The molecule has 5 nitrogen and oxygen atoms in total. The number of hydrogen-bond acceptors (Lipinski definition) is 4. The van der Waals surface area contributed by atoms with Crippen molar-refractivity contribution >= 4 is 23.0 Å². The Morgan fingerprint density at radius 1 is 0.931 bits per heavy atom. The zero-order valence-electron chi connectivity index (χ0n) is 16.9. The van der Waals surface area contributed by atoms with Crippen LogP contribution < -0.4 is 14.8 Å². The molecule has 0 saturated heterocycles. The summed E-state index contributed by atoms with van der Waals surface area (Å²) in [6.07, 6.45) is 3.58. The molecular weight excluding hydrogens is 382 g/mol. The second kappa shape index (κ2) is 9.89. The average molecular weight is 408 g/mol. The molecule has 3 rings (SSSR count). The summed E-state index contributed by atoms with van der Waals surface area (Å²) in [5, 5.41) is 3.97. The van der Waals surface area contributed by atoms with E-state index >= 15 is 0 Å². The summed E-state index contributed by atoms with van der Waals surface area (Å²) >= 11 is 5.76. The van der Waals surface area contributed by atoms with Crippen LogP contribution in [0, 0.1) is 6.92 Å². The van der Waals surface area contributed by atoms with Gasteiger partial charge in [-0.25, -0.2) is 0 Å². The van der Waals surface area contributed by atoms with Gasteiger partial charge in [-0.05, 0) is 72.2 Å². The van der Waals surface area contributed by atoms with Gasteiger partial charge >= 0.3 is 0 Å². The molecule has 0 spiro atoms. The van der Waals surface area contributed by atoms with Crippen LogP contribution in [0.25, 0.3) is 0 Å². The highest BCUT2D eigenvalue weighted by molar-refractivity contribution is 7.80. The number of thiocarbonyl (C=S) groups is 1. The molecule has 0 atom stereocenters. The number of aromatic nitrogens is 1. The minimum Gasteiger partial charge on any atom is -0.497 e. The van der Waals surface area contributed by atoms with E-state index in [1.165, 1.54) is 0 Å². The van der Waals surface area contributed by atoms with E-state index in [1.54, 1.807) is 26.6 Å². The SMILES string of the molecule is COc1ccc(CN(Cc2ccncc2)C(=S)Nc2ccc(C)cc2OC)cc1. The number of nitrogens with zero attached hydrogens (tertiary/aromatic N) is 2. The number of methoxy groups -OCH3 is 2. The summed E-state index contributed by atoms with van der Waals surface area (Å²) < 4.78 is 10.8. The van der Waals surface area contributed by atoms with Gasteiger partial charge in [0.05, 0.1) is 19.9 Å². The van der Waals surface area contributed by atoms with E-state index < -0.39 is 0 Å². The predicted octanol–water partition coefficient (Wildman–Crippen LogP) is 4.81. The highest BCUT2D eigenvalue weighted by Crippen LogP contribution is 2.26. The summed E-state index contributed by atoms with van der Waals surface area (Å²) in [6, 6.07) is 18.0. The maximum atomic E-state index is 5.76. The molecule has 0 aliphatic rings. The molecule has 3 aromatic rings. The van der Waals surface area contributed by atoms with E-state index in [9.17, 15) is 0 Å². The van der Waals surface area contributed by atoms with Crippen LogP contribution in [0.1, 0.15) is 16.7 Å². The molecule has 150 valence electrons. The van der Waals surface area contributed by atoms with Crippen LogP contribution in [-0.2, 0) is 13.1 Å². The van der Waals surface area contributed by atoms with Crippen molar-refractivity contribution in [3.05, 3.63) is 83.7 Å². The Morgan fingerprint density at radius 3 is 2.21 bits per heavy atom. The average Bonchev–Trinajstić information content (AvgIpc) is 2.75. The van der Waals surface area contributed by atoms with Crippen molar-refractivity contribution in [2.75, 3.05) is 19.5 Å². The molecule has 29 heavy (non-hydrogen) atoms. The van der Waals surface area contributed by atoms with E-state index in [0.717, 1.165) is 33.9 Å². The number of benzene rings is 2. The lowest BCUT2D eigenvalue weighted by molar-refractivity contribution is 0.405. The van der Waals surface area contributed by atoms with E-state index in [1.807, 2.05) is 61.5 Å². The van der Waals surface area contributed by atoms with Crippen LogP contribution >= 0.6 is 12.2 Å². The lowest BCUT2D eigenvalue weighted by Crippen LogP contribution is -2.34. The van der Waals surface area contributed by atoms with Crippen LogP contribution in [-0.4, -0.2) is 29.2 Å². The largest absolute Gasteiger partial charge is 0.497 e. The van der Waals surface area contributed by atoms with Crippen molar-refractivity contribution in [2.24, 2.45) is 0 Å². The highest BCUT2D eigenvalue weighted by Gasteiger charge is 2.14. The van der Waals surface area contributed by atoms with E-state index in [-0.39, 0.29) is 0 Å². The van der Waals surface area contributed by atoms with Gasteiger partial charge in [-0.15, -0.1) is 0 Å². The fourth-order valence-electron chi connectivity index (χ4n) is 2.96. The molecule has 0 unspecified atom stereocenters. The summed E-state index contributed by atoms with van der Waals surface area (Å²) in [4.78, 5) is 6.22. The lowest BCUT2D eigenvalue weighted by atomic mass is 10.2. The number of hydrogen-bond donors (Lipinski definition) is 1. The summed E-state index contributed by atoms with van der Waals surface area (Å²) in [6.45, 7) is 3.35. The molecule has 0 radical (unpaired) electrons. The lowest BCUT2D eigenvalue weighted by Gasteiger charge is -2.27. The zero-order chi connectivity index (χ0) is 20.6. The Labute approximate surface area is 177 Å². The molecule has 0 aliphatic heterocycles. The number of nitrogens with one attached hydrogen (secondary N) is 1. The third-order valence-corrected chi connectivity index (χ3v) is 4.90. The fourth-order valence-corrected chi connectivity index (χ4v) is 3.19. The minimum absolute atomic E-state index is 0.625. The summed E-state index contributed by atoms with van der Waals surface area (Å²) in [5.41, 5.74) is 4.25.